The smallest absolute Gasteiger partial charge is 0.310 e. The van der Waals surface area contributed by atoms with Crippen LogP contribution in [0.4, 0.5) is 4.39 Å². The summed E-state index contributed by atoms with van der Waals surface area (Å²) in [4.78, 5) is 12.8. The van der Waals surface area contributed by atoms with Gasteiger partial charge in [-0.25, -0.2) is 4.39 Å². The minimum absolute atomic E-state index is 0.00630. The van der Waals surface area contributed by atoms with E-state index in [-0.39, 0.29) is 18.8 Å². The normalized spacial score (nSPS) is 10.6. The Morgan fingerprint density at radius 1 is 1.33 bits per heavy atom. The molecule has 0 spiro atoms. The van der Waals surface area contributed by atoms with E-state index in [9.17, 15) is 9.18 Å². The first-order valence-corrected chi connectivity index (χ1v) is 8.01. The van der Waals surface area contributed by atoms with Crippen molar-refractivity contribution in [2.45, 2.75) is 13.0 Å². The third-order valence-electron chi connectivity index (χ3n) is 3.27. The van der Waals surface area contributed by atoms with E-state index in [1.165, 1.54) is 30.6 Å². The minimum atomic E-state index is -0.514. The first kappa shape index (κ1) is 16.2. The number of methoxy groups -OCH3 is 1. The maximum Gasteiger partial charge on any atom is 0.310 e. The second-order valence-corrected chi connectivity index (χ2v) is 5.91. The second-order valence-electron chi connectivity index (χ2n) is 4.97. The maximum atomic E-state index is 13.6. The van der Waals surface area contributed by atoms with Crippen LogP contribution in [0.25, 0.3) is 10.6 Å². The van der Waals surface area contributed by atoms with E-state index in [2.05, 4.69) is 5.16 Å². The van der Waals surface area contributed by atoms with Crippen LogP contribution in [-0.4, -0.2) is 18.2 Å². The summed E-state index contributed by atoms with van der Waals surface area (Å²) in [6.07, 6.45) is -0.0312. The molecular formula is C17H14FNO4S. The zero-order chi connectivity index (χ0) is 16.9. The summed E-state index contributed by atoms with van der Waals surface area (Å²) in [7, 11) is 1.38. The molecule has 0 aliphatic heterocycles. The van der Waals surface area contributed by atoms with Crippen LogP contribution in [0.2, 0.25) is 0 Å². The molecule has 0 aliphatic carbocycles. The molecule has 0 fully saturated rings. The van der Waals surface area contributed by atoms with Gasteiger partial charge in [-0.2, -0.15) is 0 Å². The van der Waals surface area contributed by atoms with Crippen LogP contribution in [0.5, 0.6) is 5.75 Å². The number of hydrogen-bond donors (Lipinski definition) is 0. The molecule has 1 aromatic carbocycles. The highest BCUT2D eigenvalue weighted by Crippen LogP contribution is 2.25. The molecule has 0 radical (unpaired) electrons. The van der Waals surface area contributed by atoms with Gasteiger partial charge in [-0.1, -0.05) is 17.3 Å². The fraction of sp³-hybridized carbons (Fsp3) is 0.176. The van der Waals surface area contributed by atoms with Gasteiger partial charge in [-0.15, -0.1) is 11.3 Å². The predicted octanol–water partition coefficient (Wildman–Crippen LogP) is 3.84. The lowest BCUT2D eigenvalue weighted by Gasteiger charge is -2.05. The predicted molar refractivity (Wildman–Crippen MR) is 86.3 cm³/mol. The van der Waals surface area contributed by atoms with Gasteiger partial charge in [0.25, 0.3) is 0 Å². The van der Waals surface area contributed by atoms with Crippen molar-refractivity contribution in [2.75, 3.05) is 7.11 Å². The van der Waals surface area contributed by atoms with Crippen molar-refractivity contribution in [1.82, 2.24) is 5.16 Å². The number of ether oxygens (including phenoxy) is 2. The average Bonchev–Trinajstić information content (AvgIpc) is 3.24. The van der Waals surface area contributed by atoms with E-state index < -0.39 is 11.8 Å². The van der Waals surface area contributed by atoms with Crippen LogP contribution >= 0.6 is 11.3 Å². The highest BCUT2D eigenvalue weighted by molar-refractivity contribution is 7.13. The van der Waals surface area contributed by atoms with Crippen LogP contribution in [0.15, 0.2) is 46.3 Å². The Labute approximate surface area is 141 Å². The molecule has 0 N–H and O–H groups in total. The van der Waals surface area contributed by atoms with Gasteiger partial charge in [0, 0.05) is 6.07 Å². The second kappa shape index (κ2) is 7.27. The Hall–Kier alpha value is -2.67. The molecule has 0 bridgehead atoms. The molecule has 3 aromatic rings. The molecule has 0 aliphatic rings. The summed E-state index contributed by atoms with van der Waals surface area (Å²) in [6.45, 7) is 0.00630. The van der Waals surface area contributed by atoms with E-state index in [4.69, 9.17) is 14.0 Å². The average molecular weight is 347 g/mol. The largest absolute Gasteiger partial charge is 0.494 e. The van der Waals surface area contributed by atoms with Crippen molar-refractivity contribution >= 4 is 17.3 Å². The number of carbonyl (C=O) groups is 1. The van der Waals surface area contributed by atoms with Crippen molar-refractivity contribution in [1.29, 1.82) is 0 Å². The topological polar surface area (TPSA) is 61.6 Å². The Morgan fingerprint density at radius 3 is 2.92 bits per heavy atom. The van der Waals surface area contributed by atoms with Gasteiger partial charge in [0.1, 0.15) is 12.3 Å². The Balaban J connectivity index is 1.55. The van der Waals surface area contributed by atoms with Crippen molar-refractivity contribution in [2.24, 2.45) is 0 Å². The molecule has 0 saturated carbocycles. The molecule has 2 heterocycles. The van der Waals surface area contributed by atoms with Crippen LogP contribution in [0.1, 0.15) is 11.3 Å². The number of rotatable bonds is 6. The summed E-state index contributed by atoms with van der Waals surface area (Å²) in [5.74, 6) is -0.218. The standard InChI is InChI=1S/C17H14FNO4S/c1-21-14-5-4-11(7-13(14)18)8-17(20)22-10-12-9-15(23-19-12)16-3-2-6-24-16/h2-7,9H,8,10H2,1H3. The number of nitrogens with zero attached hydrogens (tertiary/aromatic N) is 1. The van der Waals surface area contributed by atoms with E-state index in [1.807, 2.05) is 17.5 Å². The summed E-state index contributed by atoms with van der Waals surface area (Å²) in [6, 6.07) is 9.91. The molecule has 0 atom stereocenters. The minimum Gasteiger partial charge on any atom is -0.494 e. The number of hydrogen-bond acceptors (Lipinski definition) is 6. The fourth-order valence-electron chi connectivity index (χ4n) is 2.11. The first-order valence-electron chi connectivity index (χ1n) is 7.13. The molecule has 5 nitrogen and oxygen atoms in total. The maximum absolute atomic E-state index is 13.6. The number of esters is 1. The number of carbonyl (C=O) groups excluding carboxylic acids is 1. The summed E-state index contributed by atoms with van der Waals surface area (Å²) >= 11 is 1.53. The van der Waals surface area contributed by atoms with E-state index in [1.54, 1.807) is 12.1 Å². The van der Waals surface area contributed by atoms with Gasteiger partial charge in [0.05, 0.1) is 18.4 Å². The lowest BCUT2D eigenvalue weighted by atomic mass is 10.1. The number of aromatic nitrogens is 1. The SMILES string of the molecule is COc1ccc(CC(=O)OCc2cc(-c3cccs3)on2)cc1F. The quantitative estimate of drug-likeness (QED) is 0.634. The van der Waals surface area contributed by atoms with E-state index in [0.29, 0.717) is 17.0 Å². The van der Waals surface area contributed by atoms with Gasteiger partial charge in [0.15, 0.2) is 17.3 Å². The molecule has 124 valence electrons. The third-order valence-corrected chi connectivity index (χ3v) is 4.15. The van der Waals surface area contributed by atoms with Crippen molar-refractivity contribution in [3.63, 3.8) is 0 Å². The number of benzene rings is 1. The van der Waals surface area contributed by atoms with Gasteiger partial charge in [-0.05, 0) is 29.1 Å². The van der Waals surface area contributed by atoms with Crippen molar-refractivity contribution < 1.29 is 23.2 Å². The van der Waals surface area contributed by atoms with Gasteiger partial charge < -0.3 is 14.0 Å². The Morgan fingerprint density at radius 2 is 2.21 bits per heavy atom. The summed E-state index contributed by atoms with van der Waals surface area (Å²) in [5, 5.41) is 5.80. The van der Waals surface area contributed by atoms with Crippen LogP contribution in [-0.2, 0) is 22.6 Å². The van der Waals surface area contributed by atoms with Crippen LogP contribution in [0.3, 0.4) is 0 Å². The first-order chi connectivity index (χ1) is 11.7. The molecule has 3 rings (SSSR count). The van der Waals surface area contributed by atoms with Crippen LogP contribution < -0.4 is 4.74 Å². The molecule has 0 amide bonds. The Kier molecular flexibility index (Phi) is 4.90. The zero-order valence-corrected chi connectivity index (χ0v) is 13.6. The molecule has 2 aromatic heterocycles. The van der Waals surface area contributed by atoms with Gasteiger partial charge in [0.2, 0.25) is 0 Å². The highest BCUT2D eigenvalue weighted by atomic mass is 32.1. The molecule has 7 heteroatoms. The van der Waals surface area contributed by atoms with Crippen molar-refractivity contribution in [3.05, 3.63) is 58.9 Å². The van der Waals surface area contributed by atoms with Crippen molar-refractivity contribution in [3.8, 4) is 16.4 Å². The highest BCUT2D eigenvalue weighted by Gasteiger charge is 2.12. The third kappa shape index (κ3) is 3.80. The zero-order valence-electron chi connectivity index (χ0n) is 12.8. The van der Waals surface area contributed by atoms with E-state index in [0.717, 1.165) is 4.88 Å². The van der Waals surface area contributed by atoms with Gasteiger partial charge >= 0.3 is 5.97 Å². The molecular weight excluding hydrogens is 333 g/mol. The Bertz CT molecular complexity index is 829. The fourth-order valence-corrected chi connectivity index (χ4v) is 2.78. The number of halogens is 1. The molecule has 0 unspecified atom stereocenters. The molecule has 24 heavy (non-hydrogen) atoms. The lowest BCUT2D eigenvalue weighted by Crippen LogP contribution is -2.08. The van der Waals surface area contributed by atoms with Gasteiger partial charge in [-0.3, -0.25) is 4.79 Å². The van der Waals surface area contributed by atoms with E-state index >= 15 is 0 Å². The number of thiophene rings is 1. The summed E-state index contributed by atoms with van der Waals surface area (Å²) < 4.78 is 28.8. The summed E-state index contributed by atoms with van der Waals surface area (Å²) in [5.41, 5.74) is 1.03. The lowest BCUT2D eigenvalue weighted by molar-refractivity contribution is -0.144. The monoisotopic (exact) mass is 347 g/mol. The van der Waals surface area contributed by atoms with Crippen LogP contribution in [0, 0.1) is 5.82 Å². The molecule has 0 saturated heterocycles.